The number of fused-ring (bicyclic) bond motifs is 1. The van der Waals surface area contributed by atoms with Gasteiger partial charge in [-0.15, -0.1) is 0 Å². The van der Waals surface area contributed by atoms with Crippen LogP contribution >= 0.6 is 22.6 Å². The second-order valence-electron chi connectivity index (χ2n) is 5.09. The Morgan fingerprint density at radius 1 is 1.24 bits per heavy atom. The highest BCUT2D eigenvalue weighted by Crippen LogP contribution is 2.19. The second-order valence-corrected chi connectivity index (χ2v) is 6.25. The molecule has 7 heteroatoms. The van der Waals surface area contributed by atoms with Gasteiger partial charge >= 0.3 is 5.97 Å². The molecule has 0 spiro atoms. The van der Waals surface area contributed by atoms with Crippen LogP contribution in [0, 0.1) is 14.9 Å². The minimum atomic E-state index is -0.571. The van der Waals surface area contributed by atoms with Gasteiger partial charge in [-0.2, -0.15) is 5.26 Å². The Kier molecular flexibility index (Phi) is 5.00. The van der Waals surface area contributed by atoms with Gasteiger partial charge in [-0.05, 0) is 46.9 Å². The van der Waals surface area contributed by atoms with Crippen molar-refractivity contribution in [1.29, 1.82) is 5.26 Å². The van der Waals surface area contributed by atoms with Crippen molar-refractivity contribution in [2.45, 2.75) is 0 Å². The van der Waals surface area contributed by atoms with Crippen LogP contribution in [0.5, 0.6) is 0 Å². The summed E-state index contributed by atoms with van der Waals surface area (Å²) in [5.74, 6) is -0.703. The number of H-pyrrole nitrogens is 1. The van der Waals surface area contributed by atoms with Gasteiger partial charge in [-0.25, -0.2) is 9.78 Å². The number of carbonyl (C=O) groups is 1. The largest absolute Gasteiger partial charge is 0.507 e. The number of para-hydroxylation sites is 2. The molecular formula is C18H12IN3O3. The number of esters is 1. The molecule has 0 aliphatic rings. The van der Waals surface area contributed by atoms with E-state index >= 15 is 0 Å². The number of allylic oxidation sites excluding steroid dienone is 1. The first-order chi connectivity index (χ1) is 12.1. The van der Waals surface area contributed by atoms with Crippen molar-refractivity contribution in [2.75, 3.05) is 6.61 Å². The van der Waals surface area contributed by atoms with E-state index in [9.17, 15) is 15.2 Å². The van der Waals surface area contributed by atoms with Crippen LogP contribution in [-0.4, -0.2) is 27.7 Å². The lowest BCUT2D eigenvalue weighted by Crippen LogP contribution is -2.10. The van der Waals surface area contributed by atoms with Crippen LogP contribution in [0.4, 0.5) is 0 Å². The minimum Gasteiger partial charge on any atom is -0.507 e. The van der Waals surface area contributed by atoms with Crippen LogP contribution in [0.3, 0.4) is 0 Å². The Balaban J connectivity index is 1.81. The van der Waals surface area contributed by atoms with Gasteiger partial charge in [0.05, 0.1) is 16.6 Å². The third-order valence-electron chi connectivity index (χ3n) is 3.46. The molecule has 0 aliphatic carbocycles. The first-order valence-electron chi connectivity index (χ1n) is 7.29. The van der Waals surface area contributed by atoms with E-state index < -0.39 is 12.6 Å². The van der Waals surface area contributed by atoms with Gasteiger partial charge in [0, 0.05) is 3.57 Å². The maximum Gasteiger partial charge on any atom is 0.339 e. The number of aromatic nitrogens is 2. The number of carbonyl (C=O) groups excluding carboxylic acids is 1. The molecule has 0 fully saturated rings. The van der Waals surface area contributed by atoms with Crippen molar-refractivity contribution >= 4 is 45.2 Å². The van der Waals surface area contributed by atoms with E-state index in [0.29, 0.717) is 11.1 Å². The van der Waals surface area contributed by atoms with E-state index in [4.69, 9.17) is 4.74 Å². The van der Waals surface area contributed by atoms with Crippen molar-refractivity contribution < 1.29 is 14.6 Å². The highest BCUT2D eigenvalue weighted by molar-refractivity contribution is 14.1. The molecule has 0 bridgehead atoms. The number of nitrogens with zero attached hydrogens (tertiary/aromatic N) is 2. The summed E-state index contributed by atoms with van der Waals surface area (Å²) in [6, 6.07) is 16.1. The van der Waals surface area contributed by atoms with Crippen molar-refractivity contribution in [1.82, 2.24) is 9.97 Å². The quantitative estimate of drug-likeness (QED) is 0.275. The molecule has 124 valence electrons. The summed E-state index contributed by atoms with van der Waals surface area (Å²) in [6.45, 7) is -0.413. The Morgan fingerprint density at radius 3 is 2.68 bits per heavy atom. The second kappa shape index (κ2) is 7.36. The molecular weight excluding hydrogens is 433 g/mol. The summed E-state index contributed by atoms with van der Waals surface area (Å²) in [4.78, 5) is 19.3. The molecule has 2 aromatic carbocycles. The summed E-state index contributed by atoms with van der Waals surface area (Å²) in [7, 11) is 0. The number of aromatic amines is 1. The van der Waals surface area contributed by atoms with Gasteiger partial charge in [-0.3, -0.25) is 0 Å². The van der Waals surface area contributed by atoms with Gasteiger partial charge < -0.3 is 14.8 Å². The molecule has 0 amide bonds. The predicted octanol–water partition coefficient (Wildman–Crippen LogP) is 3.82. The van der Waals surface area contributed by atoms with Crippen LogP contribution < -0.4 is 0 Å². The maximum absolute atomic E-state index is 12.1. The maximum atomic E-state index is 12.1. The highest BCUT2D eigenvalue weighted by atomic mass is 127. The topological polar surface area (TPSA) is 99.0 Å². The van der Waals surface area contributed by atoms with Crippen molar-refractivity contribution in [3.05, 3.63) is 69.2 Å². The predicted molar refractivity (Wildman–Crippen MR) is 101 cm³/mol. The first-order valence-corrected chi connectivity index (χ1v) is 8.37. The average molecular weight is 445 g/mol. The summed E-state index contributed by atoms with van der Waals surface area (Å²) < 4.78 is 5.85. The smallest absolute Gasteiger partial charge is 0.339 e. The molecule has 0 atom stereocenters. The number of halogens is 1. The van der Waals surface area contributed by atoms with Gasteiger partial charge in [-0.1, -0.05) is 24.3 Å². The first kappa shape index (κ1) is 17.0. The number of nitriles is 1. The van der Waals surface area contributed by atoms with E-state index in [2.05, 4.69) is 9.97 Å². The number of imidazole rings is 1. The Morgan fingerprint density at radius 2 is 1.96 bits per heavy atom. The van der Waals surface area contributed by atoms with E-state index in [1.807, 2.05) is 52.9 Å². The monoisotopic (exact) mass is 445 g/mol. The number of rotatable bonds is 4. The molecule has 2 N–H and O–H groups in total. The van der Waals surface area contributed by atoms with E-state index in [1.54, 1.807) is 24.3 Å². The molecule has 3 aromatic rings. The van der Waals surface area contributed by atoms with Crippen LogP contribution in [0.15, 0.2) is 54.3 Å². The van der Waals surface area contributed by atoms with Crippen LogP contribution in [0.2, 0.25) is 0 Å². The standard InChI is InChI=1S/C18H12IN3O3/c19-13-6-2-1-5-11(13)18(24)25-10-16(23)12(9-20)17-21-14-7-3-4-8-15(14)22-17/h1-8,23H,10H2,(H,21,22)/b16-12+. The molecule has 0 saturated carbocycles. The Bertz CT molecular complexity index is 985. The Hall–Kier alpha value is -2.86. The van der Waals surface area contributed by atoms with Gasteiger partial charge in [0.25, 0.3) is 0 Å². The normalized spacial score (nSPS) is 11.7. The van der Waals surface area contributed by atoms with E-state index in [-0.39, 0.29) is 17.2 Å². The molecule has 0 radical (unpaired) electrons. The molecule has 25 heavy (non-hydrogen) atoms. The highest BCUT2D eigenvalue weighted by Gasteiger charge is 2.16. The summed E-state index contributed by atoms with van der Waals surface area (Å²) >= 11 is 2.03. The molecule has 0 unspecified atom stereocenters. The third-order valence-corrected chi connectivity index (χ3v) is 4.40. The lowest BCUT2D eigenvalue weighted by Gasteiger charge is -2.06. The van der Waals surface area contributed by atoms with Gasteiger partial charge in [0.15, 0.2) is 11.6 Å². The number of hydrogen-bond donors (Lipinski definition) is 2. The third kappa shape index (κ3) is 3.64. The number of nitrogens with one attached hydrogen (secondary N) is 1. The van der Waals surface area contributed by atoms with Crippen LogP contribution in [0.1, 0.15) is 16.2 Å². The summed E-state index contributed by atoms with van der Waals surface area (Å²) in [5, 5.41) is 19.5. The summed E-state index contributed by atoms with van der Waals surface area (Å²) in [6.07, 6.45) is 0. The number of aliphatic hydroxyl groups is 1. The molecule has 6 nitrogen and oxygen atoms in total. The molecule has 3 rings (SSSR count). The Labute approximate surface area is 156 Å². The average Bonchev–Trinajstić information content (AvgIpc) is 3.04. The van der Waals surface area contributed by atoms with Crippen molar-refractivity contribution in [3.63, 3.8) is 0 Å². The van der Waals surface area contributed by atoms with Crippen molar-refractivity contribution in [2.24, 2.45) is 0 Å². The summed E-state index contributed by atoms with van der Waals surface area (Å²) in [5.41, 5.74) is 1.76. The minimum absolute atomic E-state index is 0.0632. The number of hydrogen-bond acceptors (Lipinski definition) is 5. The lowest BCUT2D eigenvalue weighted by atomic mass is 10.2. The van der Waals surface area contributed by atoms with Gasteiger partial charge in [0.1, 0.15) is 18.2 Å². The van der Waals surface area contributed by atoms with E-state index in [0.717, 1.165) is 9.09 Å². The zero-order chi connectivity index (χ0) is 17.8. The molecule has 1 heterocycles. The lowest BCUT2D eigenvalue weighted by molar-refractivity contribution is 0.0501. The fraction of sp³-hybridized carbons (Fsp3) is 0.0556. The fourth-order valence-corrected chi connectivity index (χ4v) is 2.84. The zero-order valence-electron chi connectivity index (χ0n) is 12.9. The molecule has 0 saturated heterocycles. The van der Waals surface area contributed by atoms with Crippen LogP contribution in [-0.2, 0) is 4.74 Å². The van der Waals surface area contributed by atoms with Gasteiger partial charge in [0.2, 0.25) is 0 Å². The zero-order valence-corrected chi connectivity index (χ0v) is 15.0. The molecule has 0 aliphatic heterocycles. The van der Waals surface area contributed by atoms with Crippen LogP contribution in [0.25, 0.3) is 16.6 Å². The number of benzene rings is 2. The SMILES string of the molecule is N#C/C(=C(\O)COC(=O)c1ccccc1I)c1nc2ccccc2[nH]1. The van der Waals surface area contributed by atoms with E-state index in [1.165, 1.54) is 0 Å². The number of ether oxygens (including phenoxy) is 1. The molecule has 1 aromatic heterocycles. The number of aliphatic hydroxyl groups excluding tert-OH is 1. The fourth-order valence-electron chi connectivity index (χ4n) is 2.24. The van der Waals surface area contributed by atoms with Crippen molar-refractivity contribution in [3.8, 4) is 6.07 Å².